The van der Waals surface area contributed by atoms with Gasteiger partial charge in [-0.1, -0.05) is 30.3 Å². The molecule has 0 fully saturated rings. The number of hydrogen-bond donors (Lipinski definition) is 0. The molecule has 3 nitrogen and oxygen atoms in total. The topological polar surface area (TPSA) is 29.5 Å². The Labute approximate surface area is 154 Å². The van der Waals surface area contributed by atoms with Crippen molar-refractivity contribution < 1.29 is 22.7 Å². The molecule has 0 unspecified atom stereocenters. The first-order valence-corrected chi connectivity index (χ1v) is 8.46. The average molecular weight is 371 g/mol. The van der Waals surface area contributed by atoms with Gasteiger partial charge >= 0.3 is 6.18 Å². The van der Waals surface area contributed by atoms with Crippen molar-refractivity contribution in [2.45, 2.75) is 6.18 Å². The van der Waals surface area contributed by atoms with E-state index < -0.39 is 11.7 Å². The number of anilines is 1. The highest BCUT2D eigenvalue weighted by Gasteiger charge is 2.31. The minimum Gasteiger partial charge on any atom is -0.383 e. The zero-order valence-corrected chi connectivity index (χ0v) is 14.5. The summed E-state index contributed by atoms with van der Waals surface area (Å²) in [5.74, 6) is -0.0859. The Morgan fingerprint density at radius 3 is 2.37 bits per heavy atom. The van der Waals surface area contributed by atoms with E-state index in [9.17, 15) is 18.0 Å². The SMILES string of the molecule is COCCN1C(=O)c2cccc3c(-c4ccc(C(F)(F)F)cc4)ccc1c23. The highest BCUT2D eigenvalue weighted by Crippen LogP contribution is 2.42. The number of rotatable bonds is 4. The van der Waals surface area contributed by atoms with E-state index in [4.69, 9.17) is 4.74 Å². The lowest BCUT2D eigenvalue weighted by molar-refractivity contribution is -0.137. The second-order valence-electron chi connectivity index (χ2n) is 6.39. The van der Waals surface area contributed by atoms with Crippen LogP contribution in [0.3, 0.4) is 0 Å². The molecule has 1 amide bonds. The van der Waals surface area contributed by atoms with Crippen LogP contribution in [0.4, 0.5) is 18.9 Å². The van der Waals surface area contributed by atoms with E-state index in [1.165, 1.54) is 12.1 Å². The van der Waals surface area contributed by atoms with Gasteiger partial charge in [0.15, 0.2) is 0 Å². The summed E-state index contributed by atoms with van der Waals surface area (Å²) in [5.41, 5.74) is 2.20. The smallest absolute Gasteiger partial charge is 0.383 e. The first kappa shape index (κ1) is 17.5. The summed E-state index contributed by atoms with van der Waals surface area (Å²) in [6.07, 6.45) is -4.37. The number of ether oxygens (including phenoxy) is 1. The van der Waals surface area contributed by atoms with Crippen molar-refractivity contribution in [1.29, 1.82) is 0 Å². The Balaban J connectivity index is 1.84. The maximum Gasteiger partial charge on any atom is 0.416 e. The van der Waals surface area contributed by atoms with Crippen LogP contribution in [0, 0.1) is 0 Å². The van der Waals surface area contributed by atoms with Gasteiger partial charge in [0.05, 0.1) is 17.9 Å². The number of nitrogens with zero attached hydrogens (tertiary/aromatic N) is 1. The number of carbonyl (C=O) groups is 1. The van der Waals surface area contributed by atoms with Crippen LogP contribution >= 0.6 is 0 Å². The van der Waals surface area contributed by atoms with E-state index in [-0.39, 0.29) is 5.91 Å². The number of amides is 1. The normalized spacial score (nSPS) is 13.6. The molecule has 138 valence electrons. The van der Waals surface area contributed by atoms with Gasteiger partial charge in [0.2, 0.25) is 0 Å². The molecule has 3 aromatic rings. The van der Waals surface area contributed by atoms with Gasteiger partial charge in [-0.05, 0) is 40.8 Å². The molecule has 0 saturated carbocycles. The van der Waals surface area contributed by atoms with Crippen molar-refractivity contribution in [3.63, 3.8) is 0 Å². The van der Waals surface area contributed by atoms with E-state index in [0.29, 0.717) is 24.3 Å². The highest BCUT2D eigenvalue weighted by atomic mass is 19.4. The summed E-state index contributed by atoms with van der Waals surface area (Å²) in [5, 5.41) is 1.68. The summed E-state index contributed by atoms with van der Waals surface area (Å²) in [6.45, 7) is 0.862. The third-order valence-electron chi connectivity index (χ3n) is 4.83. The van der Waals surface area contributed by atoms with Crippen LogP contribution in [0.15, 0.2) is 54.6 Å². The van der Waals surface area contributed by atoms with Gasteiger partial charge in [-0.2, -0.15) is 13.2 Å². The molecular weight excluding hydrogens is 355 g/mol. The van der Waals surface area contributed by atoms with Gasteiger partial charge in [-0.3, -0.25) is 4.79 Å². The molecule has 27 heavy (non-hydrogen) atoms. The zero-order valence-electron chi connectivity index (χ0n) is 14.5. The summed E-state index contributed by atoms with van der Waals surface area (Å²) in [4.78, 5) is 14.4. The molecule has 3 aromatic carbocycles. The van der Waals surface area contributed by atoms with E-state index >= 15 is 0 Å². The molecule has 0 N–H and O–H groups in total. The van der Waals surface area contributed by atoms with Crippen molar-refractivity contribution in [3.8, 4) is 11.1 Å². The van der Waals surface area contributed by atoms with Crippen molar-refractivity contribution in [3.05, 3.63) is 65.7 Å². The number of hydrogen-bond acceptors (Lipinski definition) is 2. The quantitative estimate of drug-likeness (QED) is 0.636. The summed E-state index contributed by atoms with van der Waals surface area (Å²) >= 11 is 0. The molecule has 6 heteroatoms. The van der Waals surface area contributed by atoms with E-state index in [2.05, 4.69) is 0 Å². The van der Waals surface area contributed by atoms with Gasteiger partial charge in [0.25, 0.3) is 5.91 Å². The summed E-state index contributed by atoms with van der Waals surface area (Å²) < 4.78 is 43.6. The molecule has 1 aliphatic rings. The van der Waals surface area contributed by atoms with Crippen molar-refractivity contribution >= 4 is 22.4 Å². The van der Waals surface area contributed by atoms with Crippen LogP contribution in [0.5, 0.6) is 0 Å². The molecule has 0 spiro atoms. The fourth-order valence-corrected chi connectivity index (χ4v) is 3.54. The van der Waals surface area contributed by atoms with Crippen molar-refractivity contribution in [2.75, 3.05) is 25.2 Å². The summed E-state index contributed by atoms with van der Waals surface area (Å²) in [7, 11) is 1.58. The molecule has 0 aromatic heterocycles. The lowest BCUT2D eigenvalue weighted by atomic mass is 9.95. The number of carbonyl (C=O) groups excluding carboxylic acids is 1. The van der Waals surface area contributed by atoms with Crippen molar-refractivity contribution in [1.82, 2.24) is 0 Å². The zero-order chi connectivity index (χ0) is 19.2. The van der Waals surface area contributed by atoms with Gasteiger partial charge in [0.1, 0.15) is 0 Å². The molecule has 0 atom stereocenters. The Kier molecular flexibility index (Phi) is 4.15. The van der Waals surface area contributed by atoms with E-state index in [1.54, 1.807) is 24.1 Å². The fraction of sp³-hybridized carbons (Fsp3) is 0.190. The maximum absolute atomic E-state index is 12.8. The van der Waals surface area contributed by atoms with Crippen molar-refractivity contribution in [2.24, 2.45) is 0 Å². The number of halogens is 3. The van der Waals surface area contributed by atoms with Crippen LogP contribution in [0.25, 0.3) is 21.9 Å². The molecule has 0 saturated heterocycles. The second kappa shape index (κ2) is 6.39. The van der Waals surface area contributed by atoms with Crippen LogP contribution in [0.2, 0.25) is 0 Å². The predicted molar refractivity (Wildman–Crippen MR) is 97.9 cm³/mol. The minimum atomic E-state index is -4.37. The van der Waals surface area contributed by atoms with Gasteiger partial charge in [-0.15, -0.1) is 0 Å². The van der Waals surface area contributed by atoms with Crippen LogP contribution in [0.1, 0.15) is 15.9 Å². The van der Waals surface area contributed by atoms with Gasteiger partial charge < -0.3 is 9.64 Å². The average Bonchev–Trinajstić information content (AvgIpc) is 2.93. The Hall–Kier alpha value is -2.86. The molecule has 1 heterocycles. The monoisotopic (exact) mass is 371 g/mol. The number of benzene rings is 3. The molecule has 1 aliphatic heterocycles. The molecule has 4 rings (SSSR count). The standard InChI is InChI=1S/C21H16F3NO2/c1-27-12-11-25-18-10-9-15(13-5-7-14(8-6-13)21(22,23)24)16-3-2-4-17(19(16)18)20(25)26/h2-10H,11-12H2,1H3. The molecule has 0 radical (unpaired) electrons. The number of methoxy groups -OCH3 is 1. The summed E-state index contributed by atoms with van der Waals surface area (Å²) in [6, 6.07) is 14.2. The van der Waals surface area contributed by atoms with Gasteiger partial charge in [0, 0.05) is 24.6 Å². The Morgan fingerprint density at radius 2 is 1.70 bits per heavy atom. The van der Waals surface area contributed by atoms with Crippen LogP contribution in [-0.4, -0.2) is 26.2 Å². The molecular formula is C21H16F3NO2. The maximum atomic E-state index is 12.8. The van der Waals surface area contributed by atoms with Crippen LogP contribution < -0.4 is 4.90 Å². The van der Waals surface area contributed by atoms with E-state index in [0.717, 1.165) is 34.2 Å². The van der Waals surface area contributed by atoms with Gasteiger partial charge in [-0.25, -0.2) is 0 Å². The highest BCUT2D eigenvalue weighted by molar-refractivity contribution is 6.26. The Morgan fingerprint density at radius 1 is 0.963 bits per heavy atom. The predicted octanol–water partition coefficient (Wildman–Crippen LogP) is 5.13. The third kappa shape index (κ3) is 2.86. The largest absolute Gasteiger partial charge is 0.416 e. The fourth-order valence-electron chi connectivity index (χ4n) is 3.54. The number of alkyl halides is 3. The third-order valence-corrected chi connectivity index (χ3v) is 4.83. The lowest BCUT2D eigenvalue weighted by Crippen LogP contribution is -2.30. The molecule has 0 bridgehead atoms. The first-order valence-electron chi connectivity index (χ1n) is 8.46. The first-order chi connectivity index (χ1) is 12.9. The lowest BCUT2D eigenvalue weighted by Gasteiger charge is -2.17. The second-order valence-corrected chi connectivity index (χ2v) is 6.39. The molecule has 0 aliphatic carbocycles. The Bertz CT molecular complexity index is 1030. The van der Waals surface area contributed by atoms with E-state index in [1.807, 2.05) is 18.2 Å². The minimum absolute atomic E-state index is 0.0859. The van der Waals surface area contributed by atoms with Crippen LogP contribution in [-0.2, 0) is 10.9 Å².